The van der Waals surface area contributed by atoms with Gasteiger partial charge in [0.25, 0.3) is 5.91 Å². The summed E-state index contributed by atoms with van der Waals surface area (Å²) >= 11 is 6.99. The Morgan fingerprint density at radius 3 is 2.32 bits per heavy atom. The predicted molar refractivity (Wildman–Crippen MR) is 154 cm³/mol. The number of nitrogens with one attached hydrogen (secondary N) is 3. The van der Waals surface area contributed by atoms with Gasteiger partial charge < -0.3 is 20.7 Å². The van der Waals surface area contributed by atoms with Crippen molar-refractivity contribution in [2.24, 2.45) is 0 Å². The number of benzene rings is 3. The standard InChI is InChI=1S/C29H27N3O3S2/c1-3-35-28(34)25-24(21-13-8-5-9-14-21)19(2)37-27(25)32-29(36)31-23-16-10-15-22(17-23)26(33)30-18-20-11-6-4-7-12-20/h4-17H,3,18H2,1-2H3,(H,30,33)(H2,31,32,36). The topological polar surface area (TPSA) is 79.5 Å². The Balaban J connectivity index is 1.49. The van der Waals surface area contributed by atoms with Crippen molar-refractivity contribution in [2.75, 3.05) is 17.2 Å². The summed E-state index contributed by atoms with van der Waals surface area (Å²) in [7, 11) is 0. The van der Waals surface area contributed by atoms with Crippen LogP contribution in [0.5, 0.6) is 0 Å². The molecule has 1 heterocycles. The third-order valence-electron chi connectivity index (χ3n) is 5.53. The van der Waals surface area contributed by atoms with Crippen molar-refractivity contribution in [1.82, 2.24) is 5.32 Å². The van der Waals surface area contributed by atoms with Crippen LogP contribution in [0.4, 0.5) is 10.7 Å². The number of aryl methyl sites for hydroxylation is 1. The normalized spacial score (nSPS) is 10.4. The molecule has 4 rings (SSSR count). The molecule has 6 nitrogen and oxygen atoms in total. The Morgan fingerprint density at radius 2 is 1.62 bits per heavy atom. The highest BCUT2D eigenvalue weighted by Gasteiger charge is 2.25. The molecule has 8 heteroatoms. The van der Waals surface area contributed by atoms with E-state index in [-0.39, 0.29) is 12.5 Å². The van der Waals surface area contributed by atoms with E-state index in [1.54, 1.807) is 25.1 Å². The summed E-state index contributed by atoms with van der Waals surface area (Å²) in [5.41, 5.74) is 4.39. The zero-order valence-corrected chi connectivity index (χ0v) is 22.2. The Bertz CT molecular complexity index is 1400. The smallest absolute Gasteiger partial charge is 0.341 e. The average molecular weight is 530 g/mol. The van der Waals surface area contributed by atoms with Crippen LogP contribution in [0.15, 0.2) is 84.9 Å². The lowest BCUT2D eigenvalue weighted by Gasteiger charge is -2.13. The van der Waals surface area contributed by atoms with E-state index in [0.717, 1.165) is 21.6 Å². The van der Waals surface area contributed by atoms with E-state index < -0.39 is 5.97 Å². The van der Waals surface area contributed by atoms with Gasteiger partial charge in [0, 0.05) is 28.2 Å². The first-order chi connectivity index (χ1) is 18.0. The minimum absolute atomic E-state index is 0.183. The summed E-state index contributed by atoms with van der Waals surface area (Å²) in [5, 5.41) is 10.1. The fourth-order valence-corrected chi connectivity index (χ4v) is 5.22. The number of hydrogen-bond donors (Lipinski definition) is 3. The van der Waals surface area contributed by atoms with Gasteiger partial charge in [-0.2, -0.15) is 0 Å². The van der Waals surface area contributed by atoms with Gasteiger partial charge in [-0.1, -0.05) is 66.7 Å². The molecule has 4 aromatic rings. The fraction of sp³-hybridized carbons (Fsp3) is 0.138. The lowest BCUT2D eigenvalue weighted by Crippen LogP contribution is -2.23. The summed E-state index contributed by atoms with van der Waals surface area (Å²) in [6.45, 7) is 4.45. The van der Waals surface area contributed by atoms with E-state index in [9.17, 15) is 9.59 Å². The second-order valence-corrected chi connectivity index (χ2v) is 9.79. The number of carbonyl (C=O) groups is 2. The quantitative estimate of drug-likeness (QED) is 0.175. The summed E-state index contributed by atoms with van der Waals surface area (Å²) in [5.74, 6) is -0.592. The van der Waals surface area contributed by atoms with Crippen LogP contribution in [0.25, 0.3) is 11.1 Å². The van der Waals surface area contributed by atoms with Crippen molar-refractivity contribution in [1.29, 1.82) is 0 Å². The molecule has 37 heavy (non-hydrogen) atoms. The van der Waals surface area contributed by atoms with Crippen LogP contribution in [0.2, 0.25) is 0 Å². The van der Waals surface area contributed by atoms with Crippen LogP contribution in [0.1, 0.15) is 38.1 Å². The Kier molecular flexibility index (Phi) is 8.66. The highest BCUT2D eigenvalue weighted by molar-refractivity contribution is 7.80. The molecule has 0 aliphatic heterocycles. The van der Waals surface area contributed by atoms with Crippen molar-refractivity contribution in [3.05, 3.63) is 106 Å². The minimum Gasteiger partial charge on any atom is -0.462 e. The van der Waals surface area contributed by atoms with Gasteiger partial charge in [0.15, 0.2) is 5.11 Å². The van der Waals surface area contributed by atoms with E-state index in [1.807, 2.05) is 73.7 Å². The van der Waals surface area contributed by atoms with Crippen molar-refractivity contribution >= 4 is 51.2 Å². The number of thiocarbonyl (C=S) groups is 1. The monoisotopic (exact) mass is 529 g/mol. The molecule has 0 unspecified atom stereocenters. The SMILES string of the molecule is CCOC(=O)c1c(NC(=S)Nc2cccc(C(=O)NCc3ccccc3)c2)sc(C)c1-c1ccccc1. The highest BCUT2D eigenvalue weighted by Crippen LogP contribution is 2.40. The van der Waals surface area contributed by atoms with Gasteiger partial charge in [-0.3, -0.25) is 4.79 Å². The molecule has 0 saturated heterocycles. The maximum Gasteiger partial charge on any atom is 0.341 e. The largest absolute Gasteiger partial charge is 0.462 e. The number of amides is 1. The number of carbonyl (C=O) groups excluding carboxylic acids is 2. The van der Waals surface area contributed by atoms with Crippen molar-refractivity contribution in [2.45, 2.75) is 20.4 Å². The maximum atomic E-state index is 12.9. The van der Waals surface area contributed by atoms with Crippen molar-refractivity contribution in [3.63, 3.8) is 0 Å². The zero-order chi connectivity index (χ0) is 26.2. The number of rotatable bonds is 8. The van der Waals surface area contributed by atoms with E-state index in [2.05, 4.69) is 16.0 Å². The van der Waals surface area contributed by atoms with Crippen LogP contribution in [0.3, 0.4) is 0 Å². The van der Waals surface area contributed by atoms with E-state index in [4.69, 9.17) is 17.0 Å². The molecule has 1 amide bonds. The number of hydrogen-bond acceptors (Lipinski definition) is 5. The second-order valence-electron chi connectivity index (χ2n) is 8.15. The summed E-state index contributed by atoms with van der Waals surface area (Å²) in [6.07, 6.45) is 0. The van der Waals surface area contributed by atoms with E-state index in [0.29, 0.717) is 33.5 Å². The Morgan fingerprint density at radius 1 is 0.919 bits per heavy atom. The fourth-order valence-electron chi connectivity index (χ4n) is 3.87. The Labute approximate surface area is 225 Å². The minimum atomic E-state index is -0.409. The summed E-state index contributed by atoms with van der Waals surface area (Å²) in [6, 6.07) is 26.5. The van der Waals surface area contributed by atoms with Crippen LogP contribution in [-0.4, -0.2) is 23.6 Å². The molecule has 0 radical (unpaired) electrons. The maximum absolute atomic E-state index is 12.9. The van der Waals surface area contributed by atoms with Gasteiger partial charge in [-0.15, -0.1) is 11.3 Å². The first kappa shape index (κ1) is 26.1. The number of esters is 1. The van der Waals surface area contributed by atoms with Crippen molar-refractivity contribution < 1.29 is 14.3 Å². The van der Waals surface area contributed by atoms with Crippen LogP contribution in [-0.2, 0) is 11.3 Å². The number of anilines is 2. The van der Waals surface area contributed by atoms with E-state index >= 15 is 0 Å². The molecule has 3 aromatic carbocycles. The Hall–Kier alpha value is -4.01. The molecule has 0 spiro atoms. The third kappa shape index (κ3) is 6.61. The first-order valence-electron chi connectivity index (χ1n) is 11.8. The molecule has 3 N–H and O–H groups in total. The lowest BCUT2D eigenvalue weighted by molar-refractivity contribution is 0.0528. The highest BCUT2D eigenvalue weighted by atomic mass is 32.1. The molecule has 0 saturated carbocycles. The molecule has 0 aliphatic carbocycles. The molecule has 0 aliphatic rings. The van der Waals surface area contributed by atoms with Crippen LogP contribution in [0, 0.1) is 6.92 Å². The predicted octanol–water partition coefficient (Wildman–Crippen LogP) is 6.64. The summed E-state index contributed by atoms with van der Waals surface area (Å²) < 4.78 is 5.36. The molecule has 0 fully saturated rings. The second kappa shape index (κ2) is 12.3. The number of thiophene rings is 1. The van der Waals surface area contributed by atoms with Gasteiger partial charge in [0.2, 0.25) is 0 Å². The lowest BCUT2D eigenvalue weighted by atomic mass is 10.0. The van der Waals surface area contributed by atoms with Crippen LogP contribution >= 0.6 is 23.6 Å². The van der Waals surface area contributed by atoms with Gasteiger partial charge in [-0.25, -0.2) is 4.79 Å². The molecule has 1 aromatic heterocycles. The third-order valence-corrected chi connectivity index (χ3v) is 6.76. The van der Waals surface area contributed by atoms with Gasteiger partial charge in [-0.05, 0) is 55.4 Å². The molecular weight excluding hydrogens is 502 g/mol. The van der Waals surface area contributed by atoms with Crippen molar-refractivity contribution in [3.8, 4) is 11.1 Å². The first-order valence-corrected chi connectivity index (χ1v) is 13.0. The van der Waals surface area contributed by atoms with E-state index in [1.165, 1.54) is 11.3 Å². The molecule has 0 atom stereocenters. The summed E-state index contributed by atoms with van der Waals surface area (Å²) in [4.78, 5) is 26.6. The molecular formula is C29H27N3O3S2. The molecule has 0 bridgehead atoms. The van der Waals surface area contributed by atoms with Crippen LogP contribution < -0.4 is 16.0 Å². The zero-order valence-electron chi connectivity index (χ0n) is 20.5. The molecule has 188 valence electrons. The number of ether oxygens (including phenoxy) is 1. The van der Waals surface area contributed by atoms with Gasteiger partial charge >= 0.3 is 5.97 Å². The van der Waals surface area contributed by atoms with Gasteiger partial charge in [0.05, 0.1) is 6.61 Å². The average Bonchev–Trinajstić information content (AvgIpc) is 3.23. The van der Waals surface area contributed by atoms with Gasteiger partial charge in [0.1, 0.15) is 10.6 Å².